The summed E-state index contributed by atoms with van der Waals surface area (Å²) in [5.74, 6) is -0.339. The average molecular weight is 380 g/mol. The van der Waals surface area contributed by atoms with Crippen molar-refractivity contribution in [3.63, 3.8) is 0 Å². The molecule has 3 heterocycles. The van der Waals surface area contributed by atoms with Gasteiger partial charge in [0, 0.05) is 23.3 Å². The topological polar surface area (TPSA) is 78.1 Å². The SMILES string of the molecule is Cc1cc(/C=C2/NC(=O)N(C)C2=O)c(C)n1-c1sc2c(c1C#N)CCCC2. The zero-order valence-corrected chi connectivity index (χ0v) is 16.4. The minimum absolute atomic E-state index is 0.272. The minimum Gasteiger partial charge on any atom is -0.308 e. The van der Waals surface area contributed by atoms with Crippen LogP contribution in [-0.4, -0.2) is 28.5 Å². The molecule has 1 saturated heterocycles. The highest BCUT2D eigenvalue weighted by Gasteiger charge is 2.30. The highest BCUT2D eigenvalue weighted by atomic mass is 32.1. The van der Waals surface area contributed by atoms with E-state index in [2.05, 4.69) is 16.0 Å². The summed E-state index contributed by atoms with van der Waals surface area (Å²) < 4.78 is 2.10. The van der Waals surface area contributed by atoms with Gasteiger partial charge in [-0.25, -0.2) is 4.79 Å². The van der Waals surface area contributed by atoms with Crippen molar-refractivity contribution in [2.75, 3.05) is 7.05 Å². The monoisotopic (exact) mass is 380 g/mol. The molecule has 0 radical (unpaired) electrons. The summed E-state index contributed by atoms with van der Waals surface area (Å²) in [4.78, 5) is 26.2. The molecule has 1 N–H and O–H groups in total. The van der Waals surface area contributed by atoms with Gasteiger partial charge in [-0.2, -0.15) is 5.26 Å². The van der Waals surface area contributed by atoms with Crippen molar-refractivity contribution in [2.45, 2.75) is 39.5 Å². The Morgan fingerprint density at radius 3 is 2.67 bits per heavy atom. The van der Waals surface area contributed by atoms with Gasteiger partial charge in [-0.1, -0.05) is 0 Å². The molecule has 4 rings (SSSR count). The molecule has 0 spiro atoms. The smallest absolute Gasteiger partial charge is 0.308 e. The molecule has 0 saturated carbocycles. The maximum absolute atomic E-state index is 12.2. The Labute approximate surface area is 161 Å². The van der Waals surface area contributed by atoms with Crippen LogP contribution in [-0.2, 0) is 17.6 Å². The van der Waals surface area contributed by atoms with Crippen LogP contribution in [0.2, 0.25) is 0 Å². The van der Waals surface area contributed by atoms with Crippen LogP contribution in [0, 0.1) is 25.2 Å². The third kappa shape index (κ3) is 2.68. The van der Waals surface area contributed by atoms with Gasteiger partial charge in [0.15, 0.2) is 0 Å². The van der Waals surface area contributed by atoms with E-state index in [1.807, 2.05) is 19.9 Å². The number of hydrogen-bond acceptors (Lipinski definition) is 4. The van der Waals surface area contributed by atoms with E-state index in [0.717, 1.165) is 51.7 Å². The molecule has 27 heavy (non-hydrogen) atoms. The molecule has 3 amide bonds. The molecule has 0 unspecified atom stereocenters. The Morgan fingerprint density at radius 2 is 2.00 bits per heavy atom. The predicted octanol–water partition coefficient (Wildman–Crippen LogP) is 3.43. The number of nitrogens with one attached hydrogen (secondary N) is 1. The van der Waals surface area contributed by atoms with E-state index in [1.54, 1.807) is 17.4 Å². The number of aryl methyl sites for hydroxylation is 2. The number of carbonyl (C=O) groups excluding carboxylic acids is 2. The number of imide groups is 1. The minimum atomic E-state index is -0.419. The van der Waals surface area contributed by atoms with Gasteiger partial charge in [0.2, 0.25) is 0 Å². The van der Waals surface area contributed by atoms with Crippen LogP contribution in [0.15, 0.2) is 11.8 Å². The fraction of sp³-hybridized carbons (Fsp3) is 0.350. The molecule has 2 aliphatic rings. The van der Waals surface area contributed by atoms with Crippen molar-refractivity contribution < 1.29 is 9.59 Å². The molecular formula is C20H20N4O2S. The summed E-state index contributed by atoms with van der Waals surface area (Å²) in [6.45, 7) is 3.97. The number of hydrogen-bond donors (Lipinski definition) is 1. The number of carbonyl (C=O) groups is 2. The number of nitrogens with zero attached hydrogens (tertiary/aromatic N) is 3. The van der Waals surface area contributed by atoms with Crippen molar-refractivity contribution in [3.05, 3.63) is 44.7 Å². The molecule has 7 heteroatoms. The molecular weight excluding hydrogens is 360 g/mol. The molecule has 138 valence electrons. The normalized spacial score (nSPS) is 18.0. The summed E-state index contributed by atoms with van der Waals surface area (Å²) in [5, 5.41) is 13.3. The third-order valence-electron chi connectivity index (χ3n) is 5.32. The van der Waals surface area contributed by atoms with Gasteiger partial charge in [0.25, 0.3) is 5.91 Å². The molecule has 2 aromatic rings. The lowest BCUT2D eigenvalue weighted by Crippen LogP contribution is -2.25. The second kappa shape index (κ2) is 6.39. The van der Waals surface area contributed by atoms with Crippen molar-refractivity contribution in [1.82, 2.24) is 14.8 Å². The van der Waals surface area contributed by atoms with Crippen LogP contribution in [0.1, 0.15) is 45.8 Å². The zero-order valence-electron chi connectivity index (χ0n) is 15.5. The number of likely N-dealkylation sites (N-methyl/N-ethyl adjacent to an activating group) is 1. The lowest BCUT2D eigenvalue weighted by atomic mass is 9.96. The maximum Gasteiger partial charge on any atom is 0.328 e. The lowest BCUT2D eigenvalue weighted by Gasteiger charge is -2.10. The van der Waals surface area contributed by atoms with Gasteiger partial charge in [-0.05, 0) is 62.8 Å². The largest absolute Gasteiger partial charge is 0.328 e. The lowest BCUT2D eigenvalue weighted by molar-refractivity contribution is -0.121. The maximum atomic E-state index is 12.2. The molecule has 1 fully saturated rings. The van der Waals surface area contributed by atoms with Gasteiger partial charge in [-0.3, -0.25) is 9.69 Å². The highest BCUT2D eigenvalue weighted by molar-refractivity contribution is 7.15. The second-order valence-electron chi connectivity index (χ2n) is 7.02. The zero-order chi connectivity index (χ0) is 19.3. The first kappa shape index (κ1) is 17.6. The fourth-order valence-electron chi connectivity index (χ4n) is 3.85. The highest BCUT2D eigenvalue weighted by Crippen LogP contribution is 2.38. The molecule has 0 aromatic carbocycles. The number of urea groups is 1. The van der Waals surface area contributed by atoms with Crippen molar-refractivity contribution in [2.24, 2.45) is 0 Å². The summed E-state index contributed by atoms with van der Waals surface area (Å²) in [6, 6.07) is 3.98. The first-order chi connectivity index (χ1) is 12.9. The first-order valence-electron chi connectivity index (χ1n) is 8.97. The number of fused-ring (bicyclic) bond motifs is 1. The van der Waals surface area contributed by atoms with Crippen LogP contribution in [0.25, 0.3) is 11.1 Å². The Morgan fingerprint density at radius 1 is 1.26 bits per heavy atom. The molecule has 1 aliphatic heterocycles. The average Bonchev–Trinajstić information content (AvgIpc) is 3.23. The van der Waals surface area contributed by atoms with Crippen LogP contribution < -0.4 is 5.32 Å². The number of aromatic nitrogens is 1. The van der Waals surface area contributed by atoms with E-state index in [4.69, 9.17) is 0 Å². The molecule has 0 bridgehead atoms. The molecule has 1 aliphatic carbocycles. The Hall–Kier alpha value is -2.85. The van der Waals surface area contributed by atoms with Gasteiger partial charge < -0.3 is 9.88 Å². The van der Waals surface area contributed by atoms with Crippen LogP contribution >= 0.6 is 11.3 Å². The molecule has 6 nitrogen and oxygen atoms in total. The van der Waals surface area contributed by atoms with Gasteiger partial charge in [-0.15, -0.1) is 11.3 Å². The van der Waals surface area contributed by atoms with Gasteiger partial charge in [0.05, 0.1) is 5.56 Å². The van der Waals surface area contributed by atoms with E-state index in [9.17, 15) is 14.9 Å². The standard InChI is InChI=1S/C20H20N4O2S/c1-11-8-13(9-16-18(25)23(3)20(26)22-16)12(2)24(11)19-15(10-21)14-6-4-5-7-17(14)27-19/h8-9H,4-7H2,1-3H3,(H,22,26)/b16-9+. The Kier molecular flexibility index (Phi) is 4.16. The Balaban J connectivity index is 1.82. The third-order valence-corrected chi connectivity index (χ3v) is 6.60. The van der Waals surface area contributed by atoms with E-state index in [0.29, 0.717) is 0 Å². The fourth-order valence-corrected chi connectivity index (χ4v) is 5.30. The van der Waals surface area contributed by atoms with Gasteiger partial charge in [0.1, 0.15) is 16.8 Å². The van der Waals surface area contributed by atoms with E-state index in [1.165, 1.54) is 23.9 Å². The van der Waals surface area contributed by atoms with Gasteiger partial charge >= 0.3 is 6.03 Å². The molecule has 0 atom stereocenters. The number of amides is 3. The Bertz CT molecular complexity index is 1050. The number of nitriles is 1. The van der Waals surface area contributed by atoms with Crippen molar-refractivity contribution in [1.29, 1.82) is 5.26 Å². The van der Waals surface area contributed by atoms with Crippen molar-refractivity contribution in [3.8, 4) is 11.1 Å². The summed E-state index contributed by atoms with van der Waals surface area (Å²) in [7, 11) is 1.46. The van der Waals surface area contributed by atoms with E-state index >= 15 is 0 Å². The number of rotatable bonds is 2. The summed E-state index contributed by atoms with van der Waals surface area (Å²) in [5.41, 5.74) is 5.07. The summed E-state index contributed by atoms with van der Waals surface area (Å²) >= 11 is 1.70. The van der Waals surface area contributed by atoms with Crippen LogP contribution in [0.3, 0.4) is 0 Å². The molecule has 2 aromatic heterocycles. The van der Waals surface area contributed by atoms with E-state index < -0.39 is 6.03 Å². The van der Waals surface area contributed by atoms with E-state index in [-0.39, 0.29) is 11.6 Å². The summed E-state index contributed by atoms with van der Waals surface area (Å²) in [6.07, 6.45) is 6.03. The van der Waals surface area contributed by atoms with Crippen molar-refractivity contribution >= 4 is 29.4 Å². The van der Waals surface area contributed by atoms with Crippen LogP contribution in [0.4, 0.5) is 4.79 Å². The quantitative estimate of drug-likeness (QED) is 0.640. The predicted molar refractivity (Wildman–Crippen MR) is 104 cm³/mol. The van der Waals surface area contributed by atoms with Crippen LogP contribution in [0.5, 0.6) is 0 Å². The second-order valence-corrected chi connectivity index (χ2v) is 8.10. The number of thiophene rings is 1. The first-order valence-corrected chi connectivity index (χ1v) is 9.78.